The normalized spacial score (nSPS) is 17.9. The van der Waals surface area contributed by atoms with E-state index in [4.69, 9.17) is 5.73 Å². The fraction of sp³-hybridized carbons (Fsp3) is 0.400. The Morgan fingerprint density at radius 2 is 1.76 bits per heavy atom. The molecular weight excluding hydrogens is 243 g/mol. The summed E-state index contributed by atoms with van der Waals surface area (Å²) in [6.45, 7) is 0. The Hall–Kier alpha value is -1.53. The second-order valence-corrected chi connectivity index (χ2v) is 4.03. The molecule has 0 heterocycles. The Bertz CT molecular complexity index is 451. The monoisotopic (exact) mass is 252 g/mol. The second kappa shape index (κ2) is 3.48. The van der Waals surface area contributed by atoms with Crippen LogP contribution in [0.25, 0.3) is 0 Å². The minimum atomic E-state index is -4.52. The van der Waals surface area contributed by atoms with E-state index in [1.807, 2.05) is 5.32 Å². The van der Waals surface area contributed by atoms with Gasteiger partial charge in [-0.1, -0.05) is 0 Å². The average Bonchev–Trinajstić information content (AvgIpc) is 2.99. The third-order valence-electron chi connectivity index (χ3n) is 2.78. The minimum absolute atomic E-state index is 0.175. The summed E-state index contributed by atoms with van der Waals surface area (Å²) in [5, 5.41) is 1.98. The minimum Gasteiger partial charge on any atom is -0.397 e. The zero-order valence-electron chi connectivity index (χ0n) is 8.54. The summed E-state index contributed by atoms with van der Waals surface area (Å²) in [5.41, 5.74) is 2.29. The summed E-state index contributed by atoms with van der Waals surface area (Å²) in [4.78, 5) is 0. The van der Waals surface area contributed by atoms with Crippen LogP contribution in [0, 0.1) is 11.6 Å². The summed E-state index contributed by atoms with van der Waals surface area (Å²) < 4.78 is 64.1. The maximum atomic E-state index is 13.3. The summed E-state index contributed by atoms with van der Waals surface area (Å²) >= 11 is 0. The Morgan fingerprint density at radius 3 is 2.24 bits per heavy atom. The Balaban J connectivity index is 2.35. The van der Waals surface area contributed by atoms with Crippen LogP contribution >= 0.6 is 0 Å². The van der Waals surface area contributed by atoms with Gasteiger partial charge in [0.2, 0.25) is 0 Å². The third kappa shape index (κ3) is 1.89. The van der Waals surface area contributed by atoms with Crippen molar-refractivity contribution in [3.63, 3.8) is 0 Å². The standard InChI is InChI=1S/C10H9F5N2/c11-5-1-2-6(16)8(7(5)12)17-9(3-4-9)10(13,14)15/h1-2,17H,3-4,16H2. The highest BCUT2D eigenvalue weighted by Gasteiger charge is 2.63. The molecule has 0 spiro atoms. The Labute approximate surface area is 93.6 Å². The van der Waals surface area contributed by atoms with Crippen molar-refractivity contribution in [2.24, 2.45) is 0 Å². The molecule has 7 heteroatoms. The van der Waals surface area contributed by atoms with Crippen LogP contribution in [0.3, 0.4) is 0 Å². The number of nitrogens with one attached hydrogen (secondary N) is 1. The maximum absolute atomic E-state index is 13.3. The summed E-state index contributed by atoms with van der Waals surface area (Å²) in [6, 6.07) is 1.79. The third-order valence-corrected chi connectivity index (χ3v) is 2.78. The van der Waals surface area contributed by atoms with Crippen molar-refractivity contribution in [1.82, 2.24) is 0 Å². The van der Waals surface area contributed by atoms with E-state index in [2.05, 4.69) is 0 Å². The van der Waals surface area contributed by atoms with E-state index in [-0.39, 0.29) is 18.5 Å². The summed E-state index contributed by atoms with van der Waals surface area (Å²) in [7, 11) is 0. The molecule has 0 amide bonds. The lowest BCUT2D eigenvalue weighted by atomic mass is 10.2. The molecule has 0 aromatic heterocycles. The molecule has 94 valence electrons. The van der Waals surface area contributed by atoms with E-state index in [9.17, 15) is 22.0 Å². The van der Waals surface area contributed by atoms with Crippen molar-refractivity contribution < 1.29 is 22.0 Å². The van der Waals surface area contributed by atoms with Crippen LogP contribution in [-0.2, 0) is 0 Å². The van der Waals surface area contributed by atoms with Crippen molar-refractivity contribution >= 4 is 11.4 Å². The quantitative estimate of drug-likeness (QED) is 0.627. The molecule has 0 bridgehead atoms. The molecule has 2 nitrogen and oxygen atoms in total. The van der Waals surface area contributed by atoms with Crippen molar-refractivity contribution in [1.29, 1.82) is 0 Å². The molecule has 0 atom stereocenters. The smallest absolute Gasteiger partial charge is 0.397 e. The van der Waals surface area contributed by atoms with E-state index in [0.717, 1.165) is 12.1 Å². The van der Waals surface area contributed by atoms with Gasteiger partial charge in [0.05, 0.1) is 11.4 Å². The topological polar surface area (TPSA) is 38.0 Å². The number of rotatable bonds is 2. The fourth-order valence-electron chi connectivity index (χ4n) is 1.54. The lowest BCUT2D eigenvalue weighted by Gasteiger charge is -2.23. The highest BCUT2D eigenvalue weighted by atomic mass is 19.4. The highest BCUT2D eigenvalue weighted by Crippen LogP contribution is 2.52. The van der Waals surface area contributed by atoms with Gasteiger partial charge in [-0.15, -0.1) is 0 Å². The van der Waals surface area contributed by atoms with Crippen LogP contribution in [0.1, 0.15) is 12.8 Å². The molecule has 0 unspecified atom stereocenters. The second-order valence-electron chi connectivity index (χ2n) is 4.03. The van der Waals surface area contributed by atoms with E-state index in [1.165, 1.54) is 0 Å². The van der Waals surface area contributed by atoms with Gasteiger partial charge < -0.3 is 11.1 Å². The Morgan fingerprint density at radius 1 is 1.18 bits per heavy atom. The predicted molar refractivity (Wildman–Crippen MR) is 52.4 cm³/mol. The van der Waals surface area contributed by atoms with Gasteiger partial charge in [0, 0.05) is 0 Å². The first-order valence-electron chi connectivity index (χ1n) is 4.85. The molecule has 0 aliphatic heterocycles. The average molecular weight is 252 g/mol. The largest absolute Gasteiger partial charge is 0.411 e. The van der Waals surface area contributed by atoms with Crippen molar-refractivity contribution in [3.05, 3.63) is 23.8 Å². The van der Waals surface area contributed by atoms with Crippen molar-refractivity contribution in [2.45, 2.75) is 24.6 Å². The van der Waals surface area contributed by atoms with E-state index >= 15 is 0 Å². The SMILES string of the molecule is Nc1ccc(F)c(F)c1NC1(C(F)(F)F)CC1. The van der Waals surface area contributed by atoms with Gasteiger partial charge in [-0.2, -0.15) is 13.2 Å². The van der Waals surface area contributed by atoms with Gasteiger partial charge in [0.15, 0.2) is 11.6 Å². The molecule has 1 aromatic carbocycles. The highest BCUT2D eigenvalue weighted by molar-refractivity contribution is 5.68. The van der Waals surface area contributed by atoms with Crippen molar-refractivity contribution in [2.75, 3.05) is 11.1 Å². The van der Waals surface area contributed by atoms with Crippen LogP contribution in [0.15, 0.2) is 12.1 Å². The number of alkyl halides is 3. The van der Waals surface area contributed by atoms with Crippen LogP contribution < -0.4 is 11.1 Å². The fourth-order valence-corrected chi connectivity index (χ4v) is 1.54. The first kappa shape index (κ1) is 11.9. The van der Waals surface area contributed by atoms with E-state index < -0.39 is 29.0 Å². The van der Waals surface area contributed by atoms with Crippen LogP contribution in [0.4, 0.5) is 33.3 Å². The molecule has 0 radical (unpaired) electrons. The number of hydrogen-bond acceptors (Lipinski definition) is 2. The van der Waals surface area contributed by atoms with Crippen LogP contribution in [0.2, 0.25) is 0 Å². The number of benzene rings is 1. The zero-order chi connectivity index (χ0) is 12.8. The number of halogens is 5. The maximum Gasteiger partial charge on any atom is 0.411 e. The van der Waals surface area contributed by atoms with Gasteiger partial charge in [-0.3, -0.25) is 0 Å². The van der Waals surface area contributed by atoms with Crippen LogP contribution in [-0.4, -0.2) is 11.7 Å². The number of anilines is 2. The first-order valence-corrected chi connectivity index (χ1v) is 4.85. The predicted octanol–water partition coefficient (Wildman–Crippen LogP) is 3.05. The number of hydrogen-bond donors (Lipinski definition) is 2. The zero-order valence-corrected chi connectivity index (χ0v) is 8.54. The molecule has 17 heavy (non-hydrogen) atoms. The van der Waals surface area contributed by atoms with E-state index in [0.29, 0.717) is 0 Å². The lowest BCUT2D eigenvalue weighted by Crippen LogP contribution is -2.39. The summed E-state index contributed by atoms with van der Waals surface area (Å²) in [6.07, 6.45) is -4.87. The van der Waals surface area contributed by atoms with E-state index in [1.54, 1.807) is 0 Å². The molecular formula is C10H9F5N2. The molecule has 1 fully saturated rings. The lowest BCUT2D eigenvalue weighted by molar-refractivity contribution is -0.151. The van der Waals surface area contributed by atoms with Gasteiger partial charge in [0.25, 0.3) is 0 Å². The number of nitrogen functional groups attached to an aromatic ring is 1. The van der Waals surface area contributed by atoms with Crippen LogP contribution in [0.5, 0.6) is 0 Å². The molecule has 2 rings (SSSR count). The molecule has 1 saturated carbocycles. The van der Waals surface area contributed by atoms with Gasteiger partial charge in [-0.05, 0) is 25.0 Å². The van der Waals surface area contributed by atoms with Crippen molar-refractivity contribution in [3.8, 4) is 0 Å². The molecule has 3 N–H and O–H groups in total. The Kier molecular flexibility index (Phi) is 2.44. The summed E-state index contributed by atoms with van der Waals surface area (Å²) in [5.74, 6) is -2.62. The van der Waals surface area contributed by atoms with Gasteiger partial charge >= 0.3 is 6.18 Å². The molecule has 1 aliphatic rings. The first-order chi connectivity index (χ1) is 7.77. The van der Waals surface area contributed by atoms with Gasteiger partial charge in [-0.25, -0.2) is 8.78 Å². The molecule has 0 saturated heterocycles. The molecule has 1 aliphatic carbocycles. The molecule has 1 aromatic rings. The number of nitrogens with two attached hydrogens (primary N) is 1. The van der Waals surface area contributed by atoms with Gasteiger partial charge in [0.1, 0.15) is 5.54 Å².